The van der Waals surface area contributed by atoms with Crippen molar-refractivity contribution >= 4 is 11.8 Å². The molecule has 0 spiro atoms. The molecule has 0 aliphatic carbocycles. The number of anilines is 1. The summed E-state index contributed by atoms with van der Waals surface area (Å²) in [5.74, 6) is 5.85. The molecule has 0 atom stereocenters. The maximum Gasteiger partial charge on any atom is 0.391 e. The van der Waals surface area contributed by atoms with Gasteiger partial charge in [-0.3, -0.25) is 0 Å². The first-order valence-electron chi connectivity index (χ1n) is 7.24. The average Bonchev–Trinajstić information content (AvgIpc) is 2.45. The maximum atomic E-state index is 11.8. The zero-order chi connectivity index (χ0) is 15.4. The number of carbonyl (C=O) groups excluding carboxylic acids is 1. The van der Waals surface area contributed by atoms with Crippen LogP contribution in [0.1, 0.15) is 17.5 Å². The molecule has 1 saturated heterocycles. The number of pyridine rings is 1. The van der Waals surface area contributed by atoms with Gasteiger partial charge in [-0.1, -0.05) is 30.2 Å². The number of esters is 1. The van der Waals surface area contributed by atoms with Gasteiger partial charge in [0, 0.05) is 30.6 Å². The third-order valence-corrected chi connectivity index (χ3v) is 3.53. The zero-order valence-corrected chi connectivity index (χ0v) is 12.4. The van der Waals surface area contributed by atoms with Crippen molar-refractivity contribution in [3.8, 4) is 17.7 Å². The third-order valence-electron chi connectivity index (χ3n) is 3.53. The molecule has 1 aromatic carbocycles. The summed E-state index contributed by atoms with van der Waals surface area (Å²) in [5, 5.41) is 0. The lowest BCUT2D eigenvalue weighted by atomic mass is 10.1. The largest absolute Gasteiger partial charge is 0.398 e. The number of hydrogen-bond acceptors (Lipinski definition) is 4. The summed E-state index contributed by atoms with van der Waals surface area (Å²) in [5.41, 5.74) is 1.85. The number of hydrogen-bond donors (Lipinski definition) is 0. The van der Waals surface area contributed by atoms with Gasteiger partial charge in [0.05, 0.1) is 0 Å². The lowest BCUT2D eigenvalue weighted by molar-refractivity contribution is -0.128. The molecule has 0 unspecified atom stereocenters. The number of aryl methyl sites for hydroxylation is 1. The van der Waals surface area contributed by atoms with Crippen molar-refractivity contribution in [2.24, 2.45) is 0 Å². The number of nitrogens with zero attached hydrogens (tertiary/aromatic N) is 2. The Morgan fingerprint density at radius 2 is 2.00 bits per heavy atom. The van der Waals surface area contributed by atoms with E-state index in [1.807, 2.05) is 43.3 Å². The second kappa shape index (κ2) is 6.31. The van der Waals surface area contributed by atoms with Crippen LogP contribution in [-0.2, 0) is 4.79 Å². The molecule has 1 aromatic heterocycles. The highest BCUT2D eigenvalue weighted by atomic mass is 16.5. The van der Waals surface area contributed by atoms with E-state index in [0.717, 1.165) is 30.0 Å². The smallest absolute Gasteiger partial charge is 0.391 e. The van der Waals surface area contributed by atoms with Crippen molar-refractivity contribution in [3.05, 3.63) is 53.6 Å². The highest BCUT2D eigenvalue weighted by molar-refractivity contribution is 5.90. The van der Waals surface area contributed by atoms with Crippen LogP contribution in [0.15, 0.2) is 42.5 Å². The molecule has 0 bridgehead atoms. The van der Waals surface area contributed by atoms with Crippen molar-refractivity contribution in [2.75, 3.05) is 18.0 Å². The van der Waals surface area contributed by atoms with Crippen molar-refractivity contribution in [1.82, 2.24) is 4.98 Å². The van der Waals surface area contributed by atoms with E-state index < -0.39 is 5.97 Å². The fraction of sp³-hybridized carbons (Fsp3) is 0.222. The van der Waals surface area contributed by atoms with Crippen molar-refractivity contribution in [2.45, 2.75) is 13.3 Å². The molecule has 0 N–H and O–H groups in total. The Hall–Kier alpha value is -2.80. The van der Waals surface area contributed by atoms with Crippen LogP contribution in [0.25, 0.3) is 0 Å². The molecular formula is C18H16N2O2. The highest BCUT2D eigenvalue weighted by Crippen LogP contribution is 2.20. The summed E-state index contributed by atoms with van der Waals surface area (Å²) in [6, 6.07) is 13.1. The van der Waals surface area contributed by atoms with Crippen LogP contribution in [0.2, 0.25) is 0 Å². The molecular weight excluding hydrogens is 276 g/mol. The van der Waals surface area contributed by atoms with E-state index in [1.54, 1.807) is 6.07 Å². The number of carbonyl (C=O) groups is 1. The lowest BCUT2D eigenvalue weighted by Gasteiger charge is -2.31. The monoisotopic (exact) mass is 292 g/mol. The summed E-state index contributed by atoms with van der Waals surface area (Å²) in [6.07, 6.45) is 1.17. The first-order chi connectivity index (χ1) is 10.7. The van der Waals surface area contributed by atoms with Crippen molar-refractivity contribution in [3.63, 3.8) is 0 Å². The van der Waals surface area contributed by atoms with Crippen LogP contribution in [-0.4, -0.2) is 24.0 Å². The molecule has 3 rings (SSSR count). The number of rotatable bonds is 2. The van der Waals surface area contributed by atoms with Crippen LogP contribution in [0.3, 0.4) is 0 Å². The minimum Gasteiger partial charge on any atom is -0.398 e. The van der Waals surface area contributed by atoms with Gasteiger partial charge in [0.15, 0.2) is 0 Å². The minimum atomic E-state index is -0.600. The molecule has 1 aliphatic rings. The van der Waals surface area contributed by atoms with Gasteiger partial charge in [-0.05, 0) is 31.0 Å². The Balaban J connectivity index is 1.68. The minimum absolute atomic E-state index is 0.286. The van der Waals surface area contributed by atoms with E-state index in [0.29, 0.717) is 0 Å². The number of aromatic nitrogens is 1. The van der Waals surface area contributed by atoms with Crippen molar-refractivity contribution < 1.29 is 9.53 Å². The molecule has 0 amide bonds. The predicted molar refractivity (Wildman–Crippen MR) is 84.8 cm³/mol. The fourth-order valence-corrected chi connectivity index (χ4v) is 2.13. The highest BCUT2D eigenvalue weighted by Gasteiger charge is 2.16. The van der Waals surface area contributed by atoms with Crippen molar-refractivity contribution in [1.29, 1.82) is 0 Å². The fourth-order valence-electron chi connectivity index (χ4n) is 2.13. The lowest BCUT2D eigenvalue weighted by Crippen LogP contribution is -2.37. The standard InChI is InChI=1S/C18H16N2O2/c1-14-6-2-3-7-15(14)10-11-18(21)22-17-9-4-8-16(19-17)20-12-5-13-20/h2-4,6-9H,5,12-13H2,1H3. The van der Waals surface area contributed by atoms with Gasteiger partial charge in [0.2, 0.25) is 5.88 Å². The first kappa shape index (κ1) is 14.2. The Labute approximate surface area is 129 Å². The molecule has 2 aromatic rings. The van der Waals surface area contributed by atoms with Crippen LogP contribution in [0.5, 0.6) is 5.88 Å². The van der Waals surface area contributed by atoms with E-state index in [-0.39, 0.29) is 5.88 Å². The molecule has 2 heterocycles. The van der Waals surface area contributed by atoms with E-state index in [9.17, 15) is 4.79 Å². The summed E-state index contributed by atoms with van der Waals surface area (Å²) in [4.78, 5) is 18.3. The van der Waals surface area contributed by atoms with Gasteiger partial charge in [0.25, 0.3) is 0 Å². The number of ether oxygens (including phenoxy) is 1. The quantitative estimate of drug-likeness (QED) is 0.630. The van der Waals surface area contributed by atoms with Gasteiger partial charge in [-0.2, -0.15) is 4.98 Å². The Bertz CT molecular complexity index is 755. The summed E-state index contributed by atoms with van der Waals surface area (Å²) >= 11 is 0. The summed E-state index contributed by atoms with van der Waals surface area (Å²) in [7, 11) is 0. The zero-order valence-electron chi connectivity index (χ0n) is 12.4. The van der Waals surface area contributed by atoms with Crippen LogP contribution in [0.4, 0.5) is 5.82 Å². The second-order valence-electron chi connectivity index (χ2n) is 5.13. The molecule has 4 heteroatoms. The molecule has 4 nitrogen and oxygen atoms in total. The second-order valence-corrected chi connectivity index (χ2v) is 5.13. The van der Waals surface area contributed by atoms with Crippen LogP contribution < -0.4 is 9.64 Å². The van der Waals surface area contributed by atoms with E-state index in [4.69, 9.17) is 4.74 Å². The maximum absolute atomic E-state index is 11.8. The van der Waals surface area contributed by atoms with Gasteiger partial charge >= 0.3 is 5.97 Å². The molecule has 0 radical (unpaired) electrons. The SMILES string of the molecule is Cc1ccccc1C#CC(=O)Oc1cccc(N2CCC2)n1. The third kappa shape index (κ3) is 3.26. The first-order valence-corrected chi connectivity index (χ1v) is 7.24. The van der Waals surface area contributed by atoms with Gasteiger partial charge < -0.3 is 9.64 Å². The summed E-state index contributed by atoms with van der Waals surface area (Å²) < 4.78 is 5.19. The van der Waals surface area contributed by atoms with Gasteiger partial charge in [-0.15, -0.1) is 0 Å². The Morgan fingerprint density at radius 1 is 1.18 bits per heavy atom. The normalized spacial score (nSPS) is 12.9. The molecule has 1 fully saturated rings. The molecule has 22 heavy (non-hydrogen) atoms. The van der Waals surface area contributed by atoms with Crippen LogP contribution in [0, 0.1) is 18.8 Å². The van der Waals surface area contributed by atoms with Crippen LogP contribution >= 0.6 is 0 Å². The van der Waals surface area contributed by atoms with E-state index in [2.05, 4.69) is 21.7 Å². The summed E-state index contributed by atoms with van der Waals surface area (Å²) in [6.45, 7) is 3.95. The van der Waals surface area contributed by atoms with E-state index >= 15 is 0 Å². The Morgan fingerprint density at radius 3 is 2.73 bits per heavy atom. The van der Waals surface area contributed by atoms with Gasteiger partial charge in [-0.25, -0.2) is 4.79 Å². The predicted octanol–water partition coefficient (Wildman–Crippen LogP) is 2.56. The molecule has 0 saturated carbocycles. The van der Waals surface area contributed by atoms with E-state index in [1.165, 1.54) is 6.42 Å². The molecule has 1 aliphatic heterocycles. The molecule has 110 valence electrons. The van der Waals surface area contributed by atoms with Gasteiger partial charge in [0.1, 0.15) is 5.82 Å². The topological polar surface area (TPSA) is 42.4 Å². The average molecular weight is 292 g/mol. The Kier molecular flexibility index (Phi) is 4.06. The number of benzene rings is 1.